The Hall–Kier alpha value is -1.06. The van der Waals surface area contributed by atoms with Crippen LogP contribution in [0.5, 0.6) is 0 Å². The van der Waals surface area contributed by atoms with Gasteiger partial charge >= 0.3 is 5.97 Å². The van der Waals surface area contributed by atoms with E-state index in [1.54, 1.807) is 0 Å². The summed E-state index contributed by atoms with van der Waals surface area (Å²) in [4.78, 5) is 22.8. The maximum absolute atomic E-state index is 12.0. The second-order valence-electron chi connectivity index (χ2n) is 6.27. The van der Waals surface area contributed by atoms with Gasteiger partial charge in [-0.15, -0.1) is 0 Å². The minimum Gasteiger partial charge on any atom is -0.481 e. The van der Waals surface area contributed by atoms with Gasteiger partial charge in [-0.1, -0.05) is 13.3 Å². The van der Waals surface area contributed by atoms with E-state index in [4.69, 9.17) is 5.11 Å². The van der Waals surface area contributed by atoms with Gasteiger partial charge in [-0.2, -0.15) is 0 Å². The Morgan fingerprint density at radius 3 is 2.17 bits per heavy atom. The lowest BCUT2D eigenvalue weighted by molar-refractivity contribution is -0.144. The monoisotopic (exact) mass is 253 g/mol. The van der Waals surface area contributed by atoms with E-state index < -0.39 is 5.97 Å². The summed E-state index contributed by atoms with van der Waals surface area (Å²) in [5, 5.41) is 12.0. The number of hydrogen-bond acceptors (Lipinski definition) is 2. The van der Waals surface area contributed by atoms with Crippen LogP contribution in [0.1, 0.15) is 51.9 Å². The summed E-state index contributed by atoms with van der Waals surface area (Å²) in [6.07, 6.45) is 6.42. The average molecular weight is 253 g/mol. The molecule has 2 aliphatic rings. The standard InChI is InChI=1S/C14H23NO3/c1-14(7-2-8-14)9-15-12(16)10-3-5-11(6-4-10)13(17)18/h10-11H,2-9H2,1H3,(H,15,16)(H,17,18). The van der Waals surface area contributed by atoms with E-state index in [2.05, 4.69) is 12.2 Å². The van der Waals surface area contributed by atoms with Crippen LogP contribution in [0, 0.1) is 17.3 Å². The quantitative estimate of drug-likeness (QED) is 0.807. The molecule has 0 aromatic heterocycles. The Bertz CT molecular complexity index is 328. The lowest BCUT2D eigenvalue weighted by atomic mass is 9.70. The molecule has 2 rings (SSSR count). The molecule has 2 saturated carbocycles. The summed E-state index contributed by atoms with van der Waals surface area (Å²) in [5.74, 6) is -0.787. The molecule has 2 N–H and O–H groups in total. The third-order valence-corrected chi connectivity index (χ3v) is 4.70. The number of hydrogen-bond donors (Lipinski definition) is 2. The zero-order chi connectivity index (χ0) is 13.2. The predicted molar refractivity (Wildman–Crippen MR) is 68.1 cm³/mol. The third kappa shape index (κ3) is 3.03. The van der Waals surface area contributed by atoms with Gasteiger partial charge < -0.3 is 10.4 Å². The number of carboxylic acid groups (broad SMARTS) is 1. The highest BCUT2D eigenvalue weighted by Crippen LogP contribution is 2.39. The molecule has 0 bridgehead atoms. The Balaban J connectivity index is 1.72. The van der Waals surface area contributed by atoms with Crippen molar-refractivity contribution in [3.63, 3.8) is 0 Å². The van der Waals surface area contributed by atoms with Crippen molar-refractivity contribution in [1.82, 2.24) is 5.32 Å². The van der Waals surface area contributed by atoms with Crippen molar-refractivity contribution in [2.45, 2.75) is 51.9 Å². The molecule has 0 aliphatic heterocycles. The summed E-state index contributed by atoms with van der Waals surface area (Å²) in [6, 6.07) is 0. The predicted octanol–water partition coefficient (Wildman–Crippen LogP) is 2.18. The van der Waals surface area contributed by atoms with Gasteiger partial charge in [-0.3, -0.25) is 9.59 Å². The van der Waals surface area contributed by atoms with Crippen molar-refractivity contribution in [2.24, 2.45) is 17.3 Å². The molecule has 0 aromatic carbocycles. The molecule has 0 aromatic rings. The molecule has 0 heterocycles. The first-order chi connectivity index (χ1) is 8.50. The van der Waals surface area contributed by atoms with E-state index in [9.17, 15) is 9.59 Å². The number of rotatable bonds is 4. The number of amides is 1. The summed E-state index contributed by atoms with van der Waals surface area (Å²) in [6.45, 7) is 3.00. The van der Waals surface area contributed by atoms with Gasteiger partial charge in [0.2, 0.25) is 5.91 Å². The SMILES string of the molecule is CC1(CNC(=O)C2CCC(C(=O)O)CC2)CCC1. The largest absolute Gasteiger partial charge is 0.481 e. The van der Waals surface area contributed by atoms with Gasteiger partial charge in [0.15, 0.2) is 0 Å². The molecular weight excluding hydrogens is 230 g/mol. The minimum absolute atomic E-state index is 0.0317. The first-order valence-corrected chi connectivity index (χ1v) is 7.01. The molecule has 0 atom stereocenters. The van der Waals surface area contributed by atoms with Crippen LogP contribution in [0.25, 0.3) is 0 Å². The zero-order valence-corrected chi connectivity index (χ0v) is 11.1. The minimum atomic E-state index is -0.712. The molecule has 1 amide bonds. The molecule has 0 saturated heterocycles. The highest BCUT2D eigenvalue weighted by molar-refractivity contribution is 5.79. The fourth-order valence-electron chi connectivity index (χ4n) is 3.00. The second-order valence-corrected chi connectivity index (χ2v) is 6.27. The topological polar surface area (TPSA) is 66.4 Å². The van der Waals surface area contributed by atoms with Gasteiger partial charge in [0, 0.05) is 12.5 Å². The summed E-state index contributed by atoms with van der Waals surface area (Å²) in [5.41, 5.74) is 0.313. The van der Waals surface area contributed by atoms with Crippen molar-refractivity contribution in [1.29, 1.82) is 0 Å². The second kappa shape index (κ2) is 5.29. The van der Waals surface area contributed by atoms with Crippen LogP contribution in [0.2, 0.25) is 0 Å². The van der Waals surface area contributed by atoms with Crippen LogP contribution in [-0.2, 0) is 9.59 Å². The van der Waals surface area contributed by atoms with Gasteiger partial charge in [0.25, 0.3) is 0 Å². The average Bonchev–Trinajstić information content (AvgIpc) is 2.33. The van der Waals surface area contributed by atoms with Crippen LogP contribution in [0.15, 0.2) is 0 Å². The molecule has 18 heavy (non-hydrogen) atoms. The van der Waals surface area contributed by atoms with E-state index in [1.807, 2.05) is 0 Å². The molecule has 0 spiro atoms. The first kappa shape index (κ1) is 13.4. The molecule has 2 fully saturated rings. The zero-order valence-electron chi connectivity index (χ0n) is 11.1. The number of carbonyl (C=O) groups excluding carboxylic acids is 1. The summed E-state index contributed by atoms with van der Waals surface area (Å²) >= 11 is 0. The van der Waals surface area contributed by atoms with Gasteiger partial charge in [0.1, 0.15) is 0 Å². The Labute approximate surface area is 108 Å². The van der Waals surface area contributed by atoms with E-state index in [0.29, 0.717) is 18.3 Å². The maximum Gasteiger partial charge on any atom is 0.306 e. The van der Waals surface area contributed by atoms with Crippen LogP contribution in [0.3, 0.4) is 0 Å². The molecule has 0 radical (unpaired) electrons. The number of carboxylic acids is 1. The maximum atomic E-state index is 12.0. The van der Waals surface area contributed by atoms with Crippen molar-refractivity contribution >= 4 is 11.9 Å². The smallest absolute Gasteiger partial charge is 0.306 e. The van der Waals surface area contributed by atoms with Crippen molar-refractivity contribution in [3.05, 3.63) is 0 Å². The number of aliphatic carboxylic acids is 1. The lowest BCUT2D eigenvalue weighted by Crippen LogP contribution is -2.43. The lowest BCUT2D eigenvalue weighted by Gasteiger charge is -2.39. The van der Waals surface area contributed by atoms with Gasteiger partial charge in [-0.05, 0) is 43.9 Å². The molecular formula is C14H23NO3. The highest BCUT2D eigenvalue weighted by atomic mass is 16.4. The first-order valence-electron chi connectivity index (χ1n) is 7.01. The summed E-state index contributed by atoms with van der Waals surface area (Å²) < 4.78 is 0. The van der Waals surface area contributed by atoms with Gasteiger partial charge in [-0.25, -0.2) is 0 Å². The van der Waals surface area contributed by atoms with E-state index >= 15 is 0 Å². The third-order valence-electron chi connectivity index (χ3n) is 4.70. The van der Waals surface area contributed by atoms with Crippen molar-refractivity contribution < 1.29 is 14.7 Å². The molecule has 4 nitrogen and oxygen atoms in total. The van der Waals surface area contributed by atoms with Crippen LogP contribution < -0.4 is 5.32 Å². The van der Waals surface area contributed by atoms with Crippen molar-refractivity contribution in [3.8, 4) is 0 Å². The Morgan fingerprint density at radius 2 is 1.72 bits per heavy atom. The summed E-state index contributed by atoms with van der Waals surface area (Å²) in [7, 11) is 0. The Kier molecular flexibility index (Phi) is 3.93. The van der Waals surface area contributed by atoms with E-state index in [0.717, 1.165) is 19.4 Å². The molecule has 4 heteroatoms. The Morgan fingerprint density at radius 1 is 1.17 bits per heavy atom. The molecule has 2 aliphatic carbocycles. The van der Waals surface area contributed by atoms with Crippen molar-refractivity contribution in [2.75, 3.05) is 6.54 Å². The fourth-order valence-corrected chi connectivity index (χ4v) is 3.00. The van der Waals surface area contributed by atoms with E-state index in [-0.39, 0.29) is 17.7 Å². The highest BCUT2D eigenvalue weighted by Gasteiger charge is 2.34. The van der Waals surface area contributed by atoms with Gasteiger partial charge in [0.05, 0.1) is 5.92 Å². The number of nitrogens with one attached hydrogen (secondary N) is 1. The molecule has 102 valence electrons. The molecule has 0 unspecified atom stereocenters. The normalized spacial score (nSPS) is 30.3. The van der Waals surface area contributed by atoms with Crippen LogP contribution >= 0.6 is 0 Å². The fraction of sp³-hybridized carbons (Fsp3) is 0.857. The number of carbonyl (C=O) groups is 2. The van der Waals surface area contributed by atoms with Crippen LogP contribution in [0.4, 0.5) is 0 Å². The van der Waals surface area contributed by atoms with E-state index in [1.165, 1.54) is 19.3 Å². The van der Waals surface area contributed by atoms with Crippen LogP contribution in [-0.4, -0.2) is 23.5 Å².